The maximum atomic E-state index is 5.96. The predicted molar refractivity (Wildman–Crippen MR) is 242 cm³/mol. The Morgan fingerprint density at radius 1 is 0.617 bits per heavy atom. The van der Waals surface area contributed by atoms with Gasteiger partial charge in [0.05, 0.1) is 39.1 Å². The lowest BCUT2D eigenvalue weighted by atomic mass is 9.76. The summed E-state index contributed by atoms with van der Waals surface area (Å²) in [7, 11) is 4.43. The molecule has 0 radical (unpaired) electrons. The molecule has 6 aliphatic heterocycles. The molecule has 0 saturated carbocycles. The van der Waals surface area contributed by atoms with Crippen LogP contribution in [-0.4, -0.2) is 88.7 Å². The summed E-state index contributed by atoms with van der Waals surface area (Å²) in [5, 5.41) is 4.82. The lowest BCUT2D eigenvalue weighted by Crippen LogP contribution is -2.31. The molecule has 0 unspecified atom stereocenters. The SMILES string of the molecule is CC.CN.CNC.Cc1ccc2c3c1COB3OCCO2.NC[C@H]1OB2OCCOc3ccc(-c4cccs4)c1c32.c1ccc(-c2ccc3c4c2COB4OCCO3)cc1. The van der Waals surface area contributed by atoms with Crippen molar-refractivity contribution in [3.05, 3.63) is 106 Å². The Balaban J connectivity index is 0.000000142. The van der Waals surface area contributed by atoms with Gasteiger partial charge >= 0.3 is 21.4 Å². The summed E-state index contributed by atoms with van der Waals surface area (Å²) >= 11 is 1.71. The standard InChI is InChI=1S/C15H13BO3.C14H14BNO3S.C10H11BO3.C2H7N.C2H6.CH5N/c1-2-4-11(5-3-1)12-6-7-14-15-13(12)10-19-16(15)18-9-8-17-14;16-8-11-13-9(12-2-1-7-20-12)3-4-10-14(13)15(19-11)18-6-5-17-10;1-7-2-3-9-10-8(7)6-14-11(10)13-5-4-12-9;1-3-2;2*1-2/h1-7H,8-10H2;1-4,7,11H,5-6,8,16H2;2-3H,4-6H2,1H3;3H,1-2H3;1-2H3;2H2,1H3/t;11-;;;;/m.1..../s1. The summed E-state index contributed by atoms with van der Waals surface area (Å²) in [6.45, 7) is 11.2. The lowest BCUT2D eigenvalue weighted by Gasteiger charge is -2.15. The van der Waals surface area contributed by atoms with Gasteiger partial charge in [-0.1, -0.05) is 62.4 Å². The smallest absolute Gasteiger partial charge is 0.492 e. The Kier molecular flexibility index (Phi) is 17.1. The monoisotopic (exact) mass is 835 g/mol. The normalized spacial score (nSPS) is 17.0. The Labute approximate surface area is 359 Å². The Morgan fingerprint density at radius 2 is 1.15 bits per heavy atom. The van der Waals surface area contributed by atoms with Gasteiger partial charge in [-0.2, -0.15) is 0 Å². The van der Waals surface area contributed by atoms with Gasteiger partial charge in [0.1, 0.15) is 37.1 Å². The van der Waals surface area contributed by atoms with Crippen molar-refractivity contribution < 1.29 is 42.1 Å². The third-order valence-corrected chi connectivity index (χ3v) is 11.0. The van der Waals surface area contributed by atoms with Crippen LogP contribution in [-0.2, 0) is 41.1 Å². The second kappa shape index (κ2) is 22.6. The molecule has 5 aromatic rings. The van der Waals surface area contributed by atoms with E-state index in [4.69, 9.17) is 47.9 Å². The first-order chi connectivity index (χ1) is 29.6. The molecule has 4 aromatic carbocycles. The largest absolute Gasteiger partial charge is 0.498 e. The summed E-state index contributed by atoms with van der Waals surface area (Å²) in [5.74, 6) is 2.68. The van der Waals surface area contributed by atoms with E-state index < -0.39 is 0 Å². The van der Waals surface area contributed by atoms with Gasteiger partial charge in [0, 0.05) is 27.8 Å². The summed E-state index contributed by atoms with van der Waals surface area (Å²) in [6.07, 6.45) is -0.131. The lowest BCUT2D eigenvalue weighted by molar-refractivity contribution is 0.148. The first-order valence-electron chi connectivity index (χ1n) is 20.6. The van der Waals surface area contributed by atoms with Crippen molar-refractivity contribution in [2.75, 3.05) is 67.3 Å². The molecule has 0 spiro atoms. The Morgan fingerprint density at radius 3 is 1.73 bits per heavy atom. The van der Waals surface area contributed by atoms with E-state index in [1.807, 2.05) is 64.3 Å². The second-order valence-electron chi connectivity index (χ2n) is 13.7. The average molecular weight is 835 g/mol. The molecule has 60 heavy (non-hydrogen) atoms. The van der Waals surface area contributed by atoms with Gasteiger partial charge in [0.15, 0.2) is 0 Å². The van der Waals surface area contributed by atoms with Crippen molar-refractivity contribution in [1.82, 2.24) is 5.32 Å². The number of hydrogen-bond acceptors (Lipinski definition) is 13. The zero-order valence-electron chi connectivity index (χ0n) is 35.5. The molecular formula is C44H56B3N3O9S. The number of hydrogen-bond donors (Lipinski definition) is 3. The minimum Gasteiger partial charge on any atom is -0.492 e. The van der Waals surface area contributed by atoms with Crippen LogP contribution in [0.25, 0.3) is 21.6 Å². The van der Waals surface area contributed by atoms with E-state index in [1.165, 1.54) is 45.3 Å². The van der Waals surface area contributed by atoms with E-state index in [9.17, 15) is 0 Å². The zero-order chi connectivity index (χ0) is 42.4. The van der Waals surface area contributed by atoms with E-state index in [1.54, 1.807) is 11.3 Å². The Hall–Kier alpha value is -4.19. The highest BCUT2D eigenvalue weighted by molar-refractivity contribution is 7.13. The molecular weight excluding hydrogens is 779 g/mol. The highest BCUT2D eigenvalue weighted by Gasteiger charge is 2.43. The van der Waals surface area contributed by atoms with Crippen LogP contribution in [0.3, 0.4) is 0 Å². The zero-order valence-corrected chi connectivity index (χ0v) is 36.3. The number of nitrogens with one attached hydrogen (secondary N) is 1. The molecule has 16 heteroatoms. The molecule has 11 rings (SSSR count). The van der Waals surface area contributed by atoms with E-state index in [-0.39, 0.29) is 27.5 Å². The van der Waals surface area contributed by atoms with Gasteiger partial charge in [0.25, 0.3) is 0 Å². The van der Waals surface area contributed by atoms with Crippen LogP contribution in [0.5, 0.6) is 17.2 Å². The van der Waals surface area contributed by atoms with Crippen molar-refractivity contribution in [3.63, 3.8) is 0 Å². The van der Waals surface area contributed by atoms with Crippen molar-refractivity contribution in [3.8, 4) is 38.8 Å². The first-order valence-corrected chi connectivity index (χ1v) is 21.5. The van der Waals surface area contributed by atoms with E-state index in [0.717, 1.165) is 39.2 Å². The van der Waals surface area contributed by atoms with Gasteiger partial charge in [0.2, 0.25) is 0 Å². The van der Waals surface area contributed by atoms with Crippen LogP contribution in [0.4, 0.5) is 0 Å². The van der Waals surface area contributed by atoms with Gasteiger partial charge in [-0.15, -0.1) is 11.3 Å². The summed E-state index contributed by atoms with van der Waals surface area (Å²) in [6, 6.07) is 26.8. The van der Waals surface area contributed by atoms with Crippen LogP contribution in [0.2, 0.25) is 0 Å². The molecule has 1 aromatic heterocycles. The summed E-state index contributed by atoms with van der Waals surface area (Å²) in [5.41, 5.74) is 21.9. The molecule has 12 nitrogen and oxygen atoms in total. The maximum absolute atomic E-state index is 5.96. The van der Waals surface area contributed by atoms with Crippen molar-refractivity contribution in [2.24, 2.45) is 11.5 Å². The summed E-state index contributed by atoms with van der Waals surface area (Å²) in [4.78, 5) is 1.22. The van der Waals surface area contributed by atoms with Crippen LogP contribution < -0.4 is 47.4 Å². The van der Waals surface area contributed by atoms with Crippen LogP contribution in [0.15, 0.2) is 84.2 Å². The maximum Gasteiger partial charge on any atom is 0.498 e. The topological polar surface area (TPSA) is 147 Å². The van der Waals surface area contributed by atoms with Crippen LogP contribution in [0.1, 0.15) is 42.2 Å². The molecule has 6 aliphatic rings. The number of thiophene rings is 1. The molecule has 0 bridgehead atoms. The summed E-state index contributed by atoms with van der Waals surface area (Å²) < 4.78 is 51.3. The third kappa shape index (κ3) is 9.95. The predicted octanol–water partition coefficient (Wildman–Crippen LogP) is 4.60. The van der Waals surface area contributed by atoms with Gasteiger partial charge in [-0.3, -0.25) is 0 Å². The fourth-order valence-electron chi connectivity index (χ4n) is 7.63. The molecule has 0 fully saturated rings. The minimum atomic E-state index is -0.351. The van der Waals surface area contributed by atoms with E-state index in [0.29, 0.717) is 59.4 Å². The van der Waals surface area contributed by atoms with Crippen molar-refractivity contribution in [2.45, 2.75) is 40.1 Å². The van der Waals surface area contributed by atoms with Crippen molar-refractivity contribution in [1.29, 1.82) is 0 Å². The number of rotatable bonds is 3. The molecule has 1 atom stereocenters. The molecule has 316 valence electrons. The first kappa shape index (κ1) is 45.3. The van der Waals surface area contributed by atoms with Gasteiger partial charge < -0.3 is 58.9 Å². The van der Waals surface area contributed by atoms with Crippen LogP contribution >= 0.6 is 11.3 Å². The minimum absolute atomic E-state index is 0.131. The highest BCUT2D eigenvalue weighted by Crippen LogP contribution is 2.39. The third-order valence-electron chi connectivity index (χ3n) is 10.1. The van der Waals surface area contributed by atoms with E-state index in [2.05, 4.69) is 65.8 Å². The van der Waals surface area contributed by atoms with E-state index >= 15 is 0 Å². The average Bonchev–Trinajstić information content (AvgIpc) is 4.07. The highest BCUT2D eigenvalue weighted by atomic mass is 32.1. The molecule has 0 saturated heterocycles. The quantitative estimate of drug-likeness (QED) is 0.219. The van der Waals surface area contributed by atoms with Crippen LogP contribution in [0, 0.1) is 6.92 Å². The number of nitrogens with two attached hydrogens (primary N) is 2. The fourth-order valence-corrected chi connectivity index (χ4v) is 8.39. The second-order valence-corrected chi connectivity index (χ2v) is 14.6. The number of benzene rings is 4. The molecule has 0 aliphatic carbocycles. The number of ether oxygens (including phenoxy) is 3. The molecule has 0 amide bonds. The molecule has 5 N–H and O–H groups in total. The van der Waals surface area contributed by atoms with Gasteiger partial charge in [-0.25, -0.2) is 0 Å². The van der Waals surface area contributed by atoms with Gasteiger partial charge in [-0.05, 0) is 103 Å². The fraction of sp³-hybridized carbons (Fsp3) is 0.364. The van der Waals surface area contributed by atoms with Crippen molar-refractivity contribution >= 4 is 49.1 Å². The Bertz CT molecular complexity index is 2120. The molecule has 7 heterocycles. The number of aryl methyl sites for hydroxylation is 1.